The Morgan fingerprint density at radius 3 is 2.08 bits per heavy atom. The van der Waals surface area contributed by atoms with Gasteiger partial charge in [-0.25, -0.2) is 8.42 Å². The number of rotatable bonds is 8. The van der Waals surface area contributed by atoms with E-state index in [2.05, 4.69) is 26.1 Å². The number of ether oxygens (including phenoxy) is 1. The van der Waals surface area contributed by atoms with Crippen LogP contribution < -0.4 is 14.4 Å². The van der Waals surface area contributed by atoms with Crippen LogP contribution in [0.15, 0.2) is 72.8 Å². The minimum atomic E-state index is -3.37. The maximum atomic E-state index is 13.0. The first-order valence-electron chi connectivity index (χ1n) is 11.5. The number of hydrogen-bond acceptors (Lipinski definition) is 5. The van der Waals surface area contributed by atoms with Crippen LogP contribution in [0, 0.1) is 0 Å². The molecule has 8 heteroatoms. The van der Waals surface area contributed by atoms with Crippen molar-refractivity contribution in [2.45, 2.75) is 39.2 Å². The highest BCUT2D eigenvalue weighted by molar-refractivity contribution is 7.92. The summed E-state index contributed by atoms with van der Waals surface area (Å²) >= 11 is 0. The first-order valence-corrected chi connectivity index (χ1v) is 13.4. The molecule has 0 saturated heterocycles. The molecule has 1 amide bonds. The number of nitrogens with one attached hydrogen (secondary N) is 1. The Morgan fingerprint density at radius 2 is 1.53 bits per heavy atom. The molecular weight excluding hydrogens is 476 g/mol. The summed E-state index contributed by atoms with van der Waals surface area (Å²) in [6, 6.07) is 20.8. The fourth-order valence-corrected chi connectivity index (χ4v) is 3.96. The summed E-state index contributed by atoms with van der Waals surface area (Å²) in [6.45, 7) is 7.96. The fourth-order valence-electron chi connectivity index (χ4n) is 3.45. The van der Waals surface area contributed by atoms with Crippen molar-refractivity contribution in [1.82, 2.24) is 0 Å². The van der Waals surface area contributed by atoms with Crippen LogP contribution in [-0.2, 0) is 20.2 Å². The summed E-state index contributed by atoms with van der Waals surface area (Å²) in [5.74, 6) is -0.0904. The van der Waals surface area contributed by atoms with Gasteiger partial charge in [-0.15, -0.1) is 0 Å². The summed E-state index contributed by atoms with van der Waals surface area (Å²) in [6.07, 6.45) is 0.294. The molecule has 36 heavy (non-hydrogen) atoms. The minimum Gasteiger partial charge on any atom is -0.481 e. The second kappa shape index (κ2) is 10.5. The second-order valence-electron chi connectivity index (χ2n) is 9.71. The molecule has 0 radical (unpaired) electrons. The Morgan fingerprint density at radius 1 is 0.917 bits per heavy atom. The largest absolute Gasteiger partial charge is 0.481 e. The number of carbonyl (C=O) groups excluding carboxylic acids is 2. The zero-order valence-electron chi connectivity index (χ0n) is 21.4. The zero-order valence-corrected chi connectivity index (χ0v) is 22.2. The van der Waals surface area contributed by atoms with E-state index in [0.29, 0.717) is 28.3 Å². The molecule has 0 spiro atoms. The number of anilines is 2. The van der Waals surface area contributed by atoms with Crippen LogP contribution in [0.4, 0.5) is 11.4 Å². The normalized spacial score (nSPS) is 12.5. The molecule has 3 aromatic carbocycles. The van der Waals surface area contributed by atoms with Crippen LogP contribution in [0.25, 0.3) is 0 Å². The smallest absolute Gasteiger partial charge is 0.265 e. The molecule has 0 aliphatic rings. The van der Waals surface area contributed by atoms with E-state index in [-0.39, 0.29) is 17.1 Å². The van der Waals surface area contributed by atoms with E-state index < -0.39 is 16.1 Å². The standard InChI is InChI=1S/C28H32N2O5S/c1-19(35-25-16-14-24(15-17-25)30(5)36(6,33)34)27(32)29-23-9-7-8-21(18-23)26(31)20-10-12-22(13-11-20)28(2,3)4/h7-19H,1-6H3,(H,29,32)/t19-/m0/s1. The third kappa shape index (κ3) is 6.73. The maximum Gasteiger partial charge on any atom is 0.265 e. The summed E-state index contributed by atoms with van der Waals surface area (Å²) in [4.78, 5) is 25.7. The molecule has 1 atom stereocenters. The first kappa shape index (κ1) is 26.9. The lowest BCUT2D eigenvalue weighted by atomic mass is 9.86. The molecule has 0 fully saturated rings. The third-order valence-electron chi connectivity index (χ3n) is 5.79. The average molecular weight is 509 g/mol. The summed E-state index contributed by atoms with van der Waals surface area (Å²) in [7, 11) is -1.91. The lowest BCUT2D eigenvalue weighted by molar-refractivity contribution is -0.122. The van der Waals surface area contributed by atoms with Gasteiger partial charge in [0.25, 0.3) is 5.91 Å². The molecule has 3 aromatic rings. The van der Waals surface area contributed by atoms with Crippen LogP contribution in [0.1, 0.15) is 49.2 Å². The topological polar surface area (TPSA) is 92.8 Å². The quantitative estimate of drug-likeness (QED) is 0.432. The number of hydrogen-bond donors (Lipinski definition) is 1. The van der Waals surface area contributed by atoms with E-state index >= 15 is 0 Å². The highest BCUT2D eigenvalue weighted by atomic mass is 32.2. The highest BCUT2D eigenvalue weighted by Gasteiger charge is 2.18. The van der Waals surface area contributed by atoms with E-state index in [0.717, 1.165) is 16.1 Å². The Balaban J connectivity index is 1.65. The summed E-state index contributed by atoms with van der Waals surface area (Å²) in [5, 5.41) is 2.78. The number of ketones is 1. The first-order chi connectivity index (χ1) is 16.8. The van der Waals surface area contributed by atoms with Gasteiger partial charge in [0.1, 0.15) is 5.75 Å². The van der Waals surface area contributed by atoms with Crippen molar-refractivity contribution in [3.8, 4) is 5.75 Å². The monoisotopic (exact) mass is 508 g/mol. The Bertz CT molecular complexity index is 1340. The van der Waals surface area contributed by atoms with Crippen molar-refractivity contribution >= 4 is 33.1 Å². The molecular formula is C28H32N2O5S. The Labute approximate surface area is 213 Å². The average Bonchev–Trinajstić information content (AvgIpc) is 2.82. The highest BCUT2D eigenvalue weighted by Crippen LogP contribution is 2.24. The molecule has 0 aromatic heterocycles. The van der Waals surface area contributed by atoms with Crippen molar-refractivity contribution in [3.63, 3.8) is 0 Å². The minimum absolute atomic E-state index is 0.000907. The molecule has 0 heterocycles. The van der Waals surface area contributed by atoms with Gasteiger partial charge in [-0.1, -0.05) is 57.2 Å². The molecule has 1 N–H and O–H groups in total. The summed E-state index contributed by atoms with van der Waals surface area (Å²) in [5.41, 5.74) is 3.16. The van der Waals surface area contributed by atoms with Crippen molar-refractivity contribution in [3.05, 3.63) is 89.5 Å². The molecule has 0 aliphatic carbocycles. The van der Waals surface area contributed by atoms with E-state index in [1.807, 2.05) is 24.3 Å². The van der Waals surface area contributed by atoms with Gasteiger partial charge in [0.2, 0.25) is 10.0 Å². The van der Waals surface area contributed by atoms with Gasteiger partial charge in [0.05, 0.1) is 11.9 Å². The Hall–Kier alpha value is -3.65. The second-order valence-corrected chi connectivity index (χ2v) is 11.7. The fraction of sp³-hybridized carbons (Fsp3) is 0.286. The number of amides is 1. The summed E-state index contributed by atoms with van der Waals surface area (Å²) < 4.78 is 30.2. The van der Waals surface area contributed by atoms with Gasteiger partial charge in [0.15, 0.2) is 11.9 Å². The van der Waals surface area contributed by atoms with Gasteiger partial charge < -0.3 is 10.1 Å². The van der Waals surface area contributed by atoms with Gasteiger partial charge in [0, 0.05) is 23.9 Å². The predicted molar refractivity (Wildman–Crippen MR) is 143 cm³/mol. The van der Waals surface area contributed by atoms with Gasteiger partial charge in [-0.05, 0) is 54.3 Å². The SMILES string of the molecule is C[C@H](Oc1ccc(N(C)S(C)(=O)=O)cc1)C(=O)Nc1cccc(C(=O)c2ccc(C(C)(C)C)cc2)c1. The van der Waals surface area contributed by atoms with E-state index in [4.69, 9.17) is 4.74 Å². The molecule has 7 nitrogen and oxygen atoms in total. The van der Waals surface area contributed by atoms with Crippen molar-refractivity contribution < 1.29 is 22.7 Å². The van der Waals surface area contributed by atoms with Crippen LogP contribution in [0.5, 0.6) is 5.75 Å². The van der Waals surface area contributed by atoms with E-state index in [1.165, 1.54) is 7.05 Å². The molecule has 0 unspecified atom stereocenters. The van der Waals surface area contributed by atoms with Gasteiger partial charge in [-0.3, -0.25) is 13.9 Å². The predicted octanol–water partition coefficient (Wildman–Crippen LogP) is 5.02. The van der Waals surface area contributed by atoms with E-state index in [9.17, 15) is 18.0 Å². The number of benzene rings is 3. The number of nitrogens with zero attached hydrogens (tertiary/aromatic N) is 1. The Kier molecular flexibility index (Phi) is 7.89. The number of carbonyl (C=O) groups is 2. The number of sulfonamides is 1. The molecule has 0 aliphatic heterocycles. The van der Waals surface area contributed by atoms with Crippen molar-refractivity contribution in [2.75, 3.05) is 22.9 Å². The van der Waals surface area contributed by atoms with Crippen LogP contribution >= 0.6 is 0 Å². The van der Waals surface area contributed by atoms with Gasteiger partial charge in [-0.2, -0.15) is 0 Å². The van der Waals surface area contributed by atoms with Crippen molar-refractivity contribution in [2.24, 2.45) is 0 Å². The van der Waals surface area contributed by atoms with Crippen molar-refractivity contribution in [1.29, 1.82) is 0 Å². The van der Waals surface area contributed by atoms with Crippen LogP contribution in [0.3, 0.4) is 0 Å². The lowest BCUT2D eigenvalue weighted by Crippen LogP contribution is -2.30. The molecule has 3 rings (SSSR count). The lowest BCUT2D eigenvalue weighted by Gasteiger charge is -2.19. The molecule has 190 valence electrons. The van der Waals surface area contributed by atoms with Crippen LogP contribution in [0.2, 0.25) is 0 Å². The van der Waals surface area contributed by atoms with Crippen LogP contribution in [-0.4, -0.2) is 39.5 Å². The molecule has 0 saturated carbocycles. The third-order valence-corrected chi connectivity index (χ3v) is 6.99. The zero-order chi connectivity index (χ0) is 26.7. The van der Waals surface area contributed by atoms with E-state index in [1.54, 1.807) is 55.5 Å². The molecule has 0 bridgehead atoms. The van der Waals surface area contributed by atoms with Gasteiger partial charge >= 0.3 is 0 Å². The maximum absolute atomic E-state index is 13.0.